The second-order valence-corrected chi connectivity index (χ2v) is 12.8. The van der Waals surface area contributed by atoms with Crippen LogP contribution in [0, 0.1) is 0 Å². The van der Waals surface area contributed by atoms with Crippen LogP contribution in [0.5, 0.6) is 5.75 Å². The fourth-order valence-electron chi connectivity index (χ4n) is 4.00. The predicted molar refractivity (Wildman–Crippen MR) is 147 cm³/mol. The lowest BCUT2D eigenvalue weighted by atomic mass is 10.1. The van der Waals surface area contributed by atoms with Crippen molar-refractivity contribution >= 4 is 66.8 Å². The summed E-state index contributed by atoms with van der Waals surface area (Å²) in [4.78, 5) is 17.9. The van der Waals surface area contributed by atoms with Gasteiger partial charge in [0, 0.05) is 45.6 Å². The molecule has 1 aliphatic heterocycles. The average molecular weight is 538 g/mol. The van der Waals surface area contributed by atoms with Crippen LogP contribution in [0.25, 0.3) is 21.7 Å². The first-order valence-electron chi connectivity index (χ1n) is 11.2. The molecule has 0 saturated heterocycles. The van der Waals surface area contributed by atoms with Gasteiger partial charge < -0.3 is 10.4 Å². The highest BCUT2D eigenvalue weighted by molar-refractivity contribution is 8.16. The highest BCUT2D eigenvalue weighted by atomic mass is 32.3. The van der Waals surface area contributed by atoms with E-state index in [2.05, 4.69) is 15.0 Å². The Morgan fingerprint density at radius 1 is 1.11 bits per heavy atom. The van der Waals surface area contributed by atoms with E-state index in [4.69, 9.17) is 0 Å². The van der Waals surface area contributed by atoms with Crippen LogP contribution in [0.4, 0.5) is 5.69 Å². The Labute approximate surface area is 217 Å². The number of anilines is 1. The second kappa shape index (κ2) is 10.0. The summed E-state index contributed by atoms with van der Waals surface area (Å²) in [6.07, 6.45) is 3.90. The van der Waals surface area contributed by atoms with Gasteiger partial charge in [-0.05, 0) is 24.6 Å². The van der Waals surface area contributed by atoms with Crippen LogP contribution >= 0.6 is 23.5 Å². The number of fused-ring (bicyclic) bond motifs is 2. The minimum atomic E-state index is -3.77. The van der Waals surface area contributed by atoms with Crippen LogP contribution in [0.2, 0.25) is 0 Å². The van der Waals surface area contributed by atoms with Gasteiger partial charge in [0.15, 0.2) is 0 Å². The number of pyridine rings is 1. The molecule has 0 aliphatic carbocycles. The number of thioether (sulfide) groups is 1. The molecule has 36 heavy (non-hydrogen) atoms. The van der Waals surface area contributed by atoms with Gasteiger partial charge in [-0.25, -0.2) is 8.42 Å². The van der Waals surface area contributed by atoms with E-state index >= 15 is 0 Å². The Morgan fingerprint density at radius 3 is 2.69 bits per heavy atom. The number of amides is 1. The topological polar surface area (TPSA) is 108 Å². The Balaban J connectivity index is 1.48. The van der Waals surface area contributed by atoms with Crippen molar-refractivity contribution in [3.05, 3.63) is 77.8 Å². The summed E-state index contributed by atoms with van der Waals surface area (Å²) in [5.41, 5.74) is 1.20. The van der Waals surface area contributed by atoms with Crippen LogP contribution in [-0.4, -0.2) is 35.5 Å². The minimum absolute atomic E-state index is 0.0842. The lowest BCUT2D eigenvalue weighted by Gasteiger charge is -2.18. The van der Waals surface area contributed by atoms with E-state index in [-0.39, 0.29) is 11.7 Å². The zero-order chi connectivity index (χ0) is 25.3. The van der Waals surface area contributed by atoms with E-state index in [0.29, 0.717) is 34.3 Å². The van der Waals surface area contributed by atoms with Gasteiger partial charge in [-0.15, -0.1) is 11.8 Å². The lowest BCUT2D eigenvalue weighted by Crippen LogP contribution is -2.24. The Bertz CT molecular complexity index is 1610. The summed E-state index contributed by atoms with van der Waals surface area (Å²) < 4.78 is 28.7. The first-order chi connectivity index (χ1) is 17.3. The molecular formula is C26H23N3O4S3. The number of nitrogens with one attached hydrogen (secondary N) is 2. The SMILES string of the molecule is CC(=O)NCC1=CCC(S(=O)(=O)Nc2cc(Sc3cccc4cccnc34)c(O)c3ccccc23)S1. The highest BCUT2D eigenvalue weighted by Crippen LogP contribution is 2.45. The molecular weight excluding hydrogens is 515 g/mol. The number of aromatic hydroxyl groups is 1. The van der Waals surface area contributed by atoms with Crippen molar-refractivity contribution in [1.29, 1.82) is 0 Å². The quantitative estimate of drug-likeness (QED) is 0.268. The van der Waals surface area contributed by atoms with E-state index in [1.165, 1.54) is 30.4 Å². The lowest BCUT2D eigenvalue weighted by molar-refractivity contribution is -0.118. The Kier molecular flexibility index (Phi) is 6.83. The number of phenols is 1. The number of allylic oxidation sites excluding steroid dienone is 1. The number of carbonyl (C=O) groups excluding carboxylic acids is 1. The van der Waals surface area contributed by atoms with Gasteiger partial charge >= 0.3 is 0 Å². The zero-order valence-electron chi connectivity index (χ0n) is 19.3. The molecule has 0 fully saturated rings. The van der Waals surface area contributed by atoms with E-state index in [1.54, 1.807) is 36.5 Å². The monoisotopic (exact) mass is 537 g/mol. The van der Waals surface area contributed by atoms with Crippen molar-refractivity contribution in [3.63, 3.8) is 0 Å². The van der Waals surface area contributed by atoms with Gasteiger partial charge in [0.25, 0.3) is 0 Å². The maximum atomic E-state index is 13.3. The molecule has 0 spiro atoms. The molecule has 7 nitrogen and oxygen atoms in total. The van der Waals surface area contributed by atoms with Gasteiger partial charge in [0.05, 0.1) is 16.1 Å². The average Bonchev–Trinajstić information content (AvgIpc) is 3.36. The number of benzene rings is 3. The number of phenolic OH excluding ortho intramolecular Hbond substituents is 1. The van der Waals surface area contributed by atoms with Crippen molar-refractivity contribution in [2.75, 3.05) is 11.3 Å². The number of hydrogen-bond acceptors (Lipinski definition) is 7. The van der Waals surface area contributed by atoms with Crippen molar-refractivity contribution in [2.24, 2.45) is 0 Å². The molecule has 1 atom stereocenters. The molecule has 184 valence electrons. The van der Waals surface area contributed by atoms with Crippen LogP contribution < -0.4 is 10.0 Å². The summed E-state index contributed by atoms with van der Waals surface area (Å²) >= 11 is 2.57. The predicted octanol–water partition coefficient (Wildman–Crippen LogP) is 5.47. The molecule has 0 bridgehead atoms. The van der Waals surface area contributed by atoms with Crippen LogP contribution in [0.3, 0.4) is 0 Å². The van der Waals surface area contributed by atoms with Crippen LogP contribution in [0.1, 0.15) is 13.3 Å². The Morgan fingerprint density at radius 2 is 1.89 bits per heavy atom. The third-order valence-electron chi connectivity index (χ3n) is 5.73. The number of nitrogens with zero attached hydrogens (tertiary/aromatic N) is 1. The molecule has 1 aliphatic rings. The number of carbonyl (C=O) groups is 1. The standard InChI is InChI=1S/C26H23N3O4S3/c1-16(30)28-15-18-11-12-24(34-18)36(32,33)29-21-14-23(26(31)20-9-3-2-8-19(20)21)35-22-10-4-6-17-7-5-13-27-25(17)22/h2-11,13-14,24,29,31H,12,15H2,1H3,(H,28,30). The fraction of sp³-hybridized carbons (Fsp3) is 0.154. The third kappa shape index (κ3) is 5.02. The molecule has 1 aromatic heterocycles. The molecule has 2 heterocycles. The van der Waals surface area contributed by atoms with E-state index in [1.807, 2.05) is 36.4 Å². The number of rotatable bonds is 7. The van der Waals surface area contributed by atoms with Gasteiger partial charge in [0.2, 0.25) is 15.9 Å². The number of aromatic nitrogens is 1. The van der Waals surface area contributed by atoms with Crippen LogP contribution in [-0.2, 0) is 14.8 Å². The summed E-state index contributed by atoms with van der Waals surface area (Å²) in [5, 5.41) is 15.9. The molecule has 0 saturated carbocycles. The maximum Gasteiger partial charge on any atom is 0.245 e. The molecule has 10 heteroatoms. The molecule has 0 radical (unpaired) electrons. The largest absolute Gasteiger partial charge is 0.506 e. The summed E-state index contributed by atoms with van der Waals surface area (Å²) in [6, 6.07) is 18.5. The number of hydrogen-bond donors (Lipinski definition) is 3. The third-order valence-corrected chi connectivity index (χ3v) is 10.3. The van der Waals surface area contributed by atoms with Crippen molar-refractivity contribution in [2.45, 2.75) is 27.7 Å². The smallest absolute Gasteiger partial charge is 0.245 e. The van der Waals surface area contributed by atoms with Crippen molar-refractivity contribution < 1.29 is 18.3 Å². The Hall–Kier alpha value is -3.21. The fourth-order valence-corrected chi connectivity index (χ4v) is 7.89. The molecule has 3 N–H and O–H groups in total. The molecule has 3 aromatic carbocycles. The first-order valence-corrected chi connectivity index (χ1v) is 14.4. The van der Waals surface area contributed by atoms with Crippen molar-refractivity contribution in [1.82, 2.24) is 10.3 Å². The van der Waals surface area contributed by atoms with Gasteiger partial charge in [0.1, 0.15) is 10.3 Å². The summed E-state index contributed by atoms with van der Waals surface area (Å²) in [6.45, 7) is 1.74. The van der Waals surface area contributed by atoms with Gasteiger partial charge in [-0.1, -0.05) is 60.3 Å². The minimum Gasteiger partial charge on any atom is -0.506 e. The first kappa shape index (κ1) is 24.5. The summed E-state index contributed by atoms with van der Waals surface area (Å²) in [7, 11) is -3.77. The van der Waals surface area contributed by atoms with E-state index < -0.39 is 14.6 Å². The highest BCUT2D eigenvalue weighted by Gasteiger charge is 2.31. The number of para-hydroxylation sites is 1. The molecule has 5 rings (SSSR count). The zero-order valence-corrected chi connectivity index (χ0v) is 21.7. The molecule has 4 aromatic rings. The molecule has 1 unspecified atom stereocenters. The number of sulfonamides is 1. The van der Waals surface area contributed by atoms with Gasteiger partial charge in [-0.2, -0.15) is 0 Å². The van der Waals surface area contributed by atoms with Crippen molar-refractivity contribution in [3.8, 4) is 5.75 Å². The maximum absolute atomic E-state index is 13.3. The second-order valence-electron chi connectivity index (χ2n) is 8.26. The van der Waals surface area contributed by atoms with Crippen LogP contribution in [0.15, 0.2) is 87.6 Å². The van der Waals surface area contributed by atoms with Gasteiger partial charge in [-0.3, -0.25) is 14.5 Å². The normalized spacial score (nSPS) is 15.7. The van der Waals surface area contributed by atoms with E-state index in [0.717, 1.165) is 20.7 Å². The molecule has 1 amide bonds. The summed E-state index contributed by atoms with van der Waals surface area (Å²) in [5.74, 6) is -0.0797. The van der Waals surface area contributed by atoms with E-state index in [9.17, 15) is 18.3 Å².